The molecular weight excluding hydrogens is 270 g/mol. The normalized spacial score (nSPS) is 15.1. The summed E-state index contributed by atoms with van der Waals surface area (Å²) < 4.78 is 23.6. The molecule has 1 N–H and O–H groups in total. The summed E-state index contributed by atoms with van der Waals surface area (Å²) in [6.07, 6.45) is 2.07. The molecule has 0 spiro atoms. The van der Waals surface area contributed by atoms with Crippen LogP contribution in [0, 0.1) is 20.8 Å². The Labute approximate surface area is 123 Å². The van der Waals surface area contributed by atoms with Gasteiger partial charge in [0.1, 0.15) is 0 Å². The Balaban J connectivity index is 3.09. The van der Waals surface area contributed by atoms with Crippen LogP contribution in [-0.2, 0) is 16.3 Å². The van der Waals surface area contributed by atoms with Gasteiger partial charge in [0.2, 0.25) is 0 Å². The van der Waals surface area contributed by atoms with Gasteiger partial charge >= 0.3 is 0 Å². The highest BCUT2D eigenvalue weighted by molar-refractivity contribution is 7.91. The lowest BCUT2D eigenvalue weighted by molar-refractivity contribution is 0.492. The molecule has 1 aromatic carbocycles. The first-order valence-corrected chi connectivity index (χ1v) is 9.11. The van der Waals surface area contributed by atoms with Crippen LogP contribution >= 0.6 is 0 Å². The third-order valence-corrected chi connectivity index (χ3v) is 5.65. The fourth-order valence-corrected chi connectivity index (χ4v) is 3.51. The lowest BCUT2D eigenvalue weighted by Crippen LogP contribution is -2.44. The fourth-order valence-electron chi connectivity index (χ4n) is 2.72. The van der Waals surface area contributed by atoms with Gasteiger partial charge in [-0.25, -0.2) is 8.42 Å². The molecule has 0 aliphatic heterocycles. The van der Waals surface area contributed by atoms with Gasteiger partial charge in [0.25, 0.3) is 0 Å². The number of rotatable bonds is 6. The van der Waals surface area contributed by atoms with E-state index >= 15 is 0 Å². The Kier molecular flexibility index (Phi) is 5.78. The van der Waals surface area contributed by atoms with E-state index in [1.54, 1.807) is 6.92 Å². The molecule has 0 aromatic heterocycles. The molecule has 2 unspecified atom stereocenters. The van der Waals surface area contributed by atoms with Crippen LogP contribution in [0.3, 0.4) is 0 Å². The summed E-state index contributed by atoms with van der Waals surface area (Å²) in [4.78, 5) is 0. The van der Waals surface area contributed by atoms with Gasteiger partial charge in [-0.1, -0.05) is 24.6 Å². The average molecular weight is 297 g/mol. The summed E-state index contributed by atoms with van der Waals surface area (Å²) in [6, 6.07) is 4.28. The van der Waals surface area contributed by atoms with Crippen molar-refractivity contribution < 1.29 is 8.42 Å². The number of likely N-dealkylation sites (N-methyl/N-ethyl adjacent to an activating group) is 1. The van der Waals surface area contributed by atoms with E-state index in [2.05, 4.69) is 38.2 Å². The summed E-state index contributed by atoms with van der Waals surface area (Å²) in [5.74, 6) is 0. The summed E-state index contributed by atoms with van der Waals surface area (Å²) in [7, 11) is -3.04. The van der Waals surface area contributed by atoms with Crippen LogP contribution in [0.25, 0.3) is 0 Å². The highest BCUT2D eigenvalue weighted by atomic mass is 32.2. The van der Waals surface area contributed by atoms with Crippen molar-refractivity contribution in [3.05, 3.63) is 34.4 Å². The number of aryl methyl sites for hydroxylation is 3. The van der Waals surface area contributed by atoms with Gasteiger partial charge in [-0.3, -0.25) is 0 Å². The van der Waals surface area contributed by atoms with Crippen molar-refractivity contribution in [1.82, 2.24) is 5.32 Å². The van der Waals surface area contributed by atoms with Crippen LogP contribution in [0.15, 0.2) is 12.1 Å². The lowest BCUT2D eigenvalue weighted by Gasteiger charge is -2.25. The van der Waals surface area contributed by atoms with Crippen molar-refractivity contribution in [3.63, 3.8) is 0 Å². The van der Waals surface area contributed by atoms with Crippen molar-refractivity contribution in [2.45, 2.75) is 52.3 Å². The van der Waals surface area contributed by atoms with Gasteiger partial charge < -0.3 is 5.32 Å². The monoisotopic (exact) mass is 297 g/mol. The summed E-state index contributed by atoms with van der Waals surface area (Å²) in [6.45, 7) is 10.9. The molecule has 0 aliphatic carbocycles. The maximum atomic E-state index is 11.8. The highest BCUT2D eigenvalue weighted by Crippen LogP contribution is 2.20. The SMILES string of the molecule is CCNC(Cc1c(C)cc(C)cc1C)C(C)S(C)(=O)=O. The largest absolute Gasteiger partial charge is 0.313 e. The molecule has 2 atom stereocenters. The second-order valence-corrected chi connectivity index (χ2v) is 8.18. The summed E-state index contributed by atoms with van der Waals surface area (Å²) in [5, 5.41) is 2.94. The van der Waals surface area contributed by atoms with Crippen molar-refractivity contribution >= 4 is 9.84 Å². The molecule has 3 nitrogen and oxygen atoms in total. The van der Waals surface area contributed by atoms with E-state index in [9.17, 15) is 8.42 Å². The Morgan fingerprint density at radius 3 is 2.05 bits per heavy atom. The lowest BCUT2D eigenvalue weighted by atomic mass is 9.93. The first-order valence-electron chi connectivity index (χ1n) is 7.15. The van der Waals surface area contributed by atoms with Gasteiger partial charge in [-0.15, -0.1) is 0 Å². The minimum atomic E-state index is -3.04. The third-order valence-electron chi connectivity index (χ3n) is 3.97. The predicted octanol–water partition coefficient (Wildman–Crippen LogP) is 2.57. The molecule has 0 amide bonds. The second kappa shape index (κ2) is 6.72. The Hall–Kier alpha value is -0.870. The smallest absolute Gasteiger partial charge is 0.151 e. The number of benzene rings is 1. The van der Waals surface area contributed by atoms with Gasteiger partial charge in [0, 0.05) is 12.3 Å². The van der Waals surface area contributed by atoms with Crippen molar-refractivity contribution in [2.24, 2.45) is 0 Å². The molecule has 1 rings (SSSR count). The van der Waals surface area contributed by atoms with Crippen molar-refractivity contribution in [3.8, 4) is 0 Å². The quantitative estimate of drug-likeness (QED) is 0.878. The molecule has 20 heavy (non-hydrogen) atoms. The Morgan fingerprint density at radius 1 is 1.15 bits per heavy atom. The van der Waals surface area contributed by atoms with E-state index in [1.807, 2.05) is 6.92 Å². The first-order chi connectivity index (χ1) is 9.16. The van der Waals surface area contributed by atoms with Gasteiger partial charge in [0.15, 0.2) is 9.84 Å². The third kappa shape index (κ3) is 4.32. The van der Waals surface area contributed by atoms with E-state index in [4.69, 9.17) is 0 Å². The van der Waals surface area contributed by atoms with Crippen LogP contribution in [-0.4, -0.2) is 32.5 Å². The molecule has 0 fully saturated rings. The summed E-state index contributed by atoms with van der Waals surface area (Å²) in [5.41, 5.74) is 4.99. The standard InChI is InChI=1S/C16H27NO2S/c1-7-17-16(14(5)20(6,18)19)10-15-12(3)8-11(2)9-13(15)4/h8-9,14,16-17H,7,10H2,1-6H3. The van der Waals surface area contributed by atoms with Crippen LogP contribution in [0.5, 0.6) is 0 Å². The van der Waals surface area contributed by atoms with E-state index in [1.165, 1.54) is 28.5 Å². The van der Waals surface area contributed by atoms with Crippen LogP contribution < -0.4 is 5.32 Å². The minimum absolute atomic E-state index is 0.0462. The molecule has 0 aliphatic rings. The molecule has 0 bridgehead atoms. The van der Waals surface area contributed by atoms with Crippen molar-refractivity contribution in [1.29, 1.82) is 0 Å². The van der Waals surface area contributed by atoms with Gasteiger partial charge in [-0.05, 0) is 57.4 Å². The maximum Gasteiger partial charge on any atom is 0.151 e. The van der Waals surface area contributed by atoms with E-state index in [0.29, 0.717) is 0 Å². The first kappa shape index (κ1) is 17.2. The number of hydrogen-bond acceptors (Lipinski definition) is 3. The predicted molar refractivity (Wildman–Crippen MR) is 86.1 cm³/mol. The zero-order chi connectivity index (χ0) is 15.5. The topological polar surface area (TPSA) is 46.2 Å². The van der Waals surface area contributed by atoms with Crippen molar-refractivity contribution in [2.75, 3.05) is 12.8 Å². The molecule has 0 radical (unpaired) electrons. The van der Waals surface area contributed by atoms with E-state index in [-0.39, 0.29) is 11.3 Å². The summed E-state index contributed by atoms with van der Waals surface area (Å²) >= 11 is 0. The molecule has 0 saturated heterocycles. The van der Waals surface area contributed by atoms with Gasteiger partial charge in [-0.2, -0.15) is 0 Å². The maximum absolute atomic E-state index is 11.8. The van der Waals surface area contributed by atoms with E-state index < -0.39 is 9.84 Å². The zero-order valence-electron chi connectivity index (χ0n) is 13.4. The zero-order valence-corrected chi connectivity index (χ0v) is 14.3. The molecule has 0 saturated carbocycles. The number of nitrogens with one attached hydrogen (secondary N) is 1. The van der Waals surface area contributed by atoms with Crippen LogP contribution in [0.1, 0.15) is 36.1 Å². The van der Waals surface area contributed by atoms with E-state index in [0.717, 1.165) is 13.0 Å². The fraction of sp³-hybridized carbons (Fsp3) is 0.625. The second-order valence-electron chi connectivity index (χ2n) is 5.78. The number of sulfone groups is 1. The van der Waals surface area contributed by atoms with Crippen LogP contribution in [0.4, 0.5) is 0 Å². The molecule has 1 aromatic rings. The average Bonchev–Trinajstić information content (AvgIpc) is 2.30. The molecule has 4 heteroatoms. The minimum Gasteiger partial charge on any atom is -0.313 e. The molecular formula is C16H27NO2S. The van der Waals surface area contributed by atoms with Crippen LogP contribution in [0.2, 0.25) is 0 Å². The molecule has 0 heterocycles. The Morgan fingerprint density at radius 2 is 1.65 bits per heavy atom. The molecule has 114 valence electrons. The Bertz CT molecular complexity index is 541. The highest BCUT2D eigenvalue weighted by Gasteiger charge is 2.26. The number of hydrogen-bond donors (Lipinski definition) is 1. The van der Waals surface area contributed by atoms with Gasteiger partial charge in [0.05, 0.1) is 5.25 Å².